The van der Waals surface area contributed by atoms with Gasteiger partial charge in [-0.05, 0) is 47.4 Å². The number of aromatic nitrogens is 4. The molecule has 1 saturated heterocycles. The monoisotopic (exact) mass is 470 g/mol. The van der Waals surface area contributed by atoms with Crippen LogP contribution in [0.25, 0.3) is 5.69 Å². The number of carbonyl (C=O) groups is 2. The van der Waals surface area contributed by atoms with Gasteiger partial charge in [0.1, 0.15) is 0 Å². The lowest BCUT2D eigenvalue weighted by Gasteiger charge is -2.20. The highest BCUT2D eigenvalue weighted by molar-refractivity contribution is 7.99. The fourth-order valence-corrected chi connectivity index (χ4v) is 5.17. The molecule has 1 fully saturated rings. The quantitative estimate of drug-likeness (QED) is 0.469. The lowest BCUT2D eigenvalue weighted by molar-refractivity contribution is -0.131. The van der Waals surface area contributed by atoms with Crippen LogP contribution in [0.3, 0.4) is 0 Å². The Labute approximate surface area is 195 Å². The van der Waals surface area contributed by atoms with Gasteiger partial charge in [0.05, 0.1) is 24.2 Å². The number of hydrogen-bond acceptors (Lipinski definition) is 7. The summed E-state index contributed by atoms with van der Waals surface area (Å²) in [5.74, 6) is 1.10. The van der Waals surface area contributed by atoms with Crippen LogP contribution in [0, 0.1) is 0 Å². The second-order valence-corrected chi connectivity index (χ2v) is 9.46. The van der Waals surface area contributed by atoms with Crippen LogP contribution in [0.1, 0.15) is 37.1 Å². The van der Waals surface area contributed by atoms with Crippen molar-refractivity contribution in [3.05, 3.63) is 52.7 Å². The van der Waals surface area contributed by atoms with E-state index in [2.05, 4.69) is 15.2 Å². The molecule has 2 amide bonds. The Balaban J connectivity index is 1.50. The molecule has 0 bridgehead atoms. The van der Waals surface area contributed by atoms with Crippen LogP contribution in [0.2, 0.25) is 0 Å². The number of amides is 2. The van der Waals surface area contributed by atoms with E-state index >= 15 is 0 Å². The Morgan fingerprint density at radius 3 is 2.94 bits per heavy atom. The molecule has 3 aromatic rings. The van der Waals surface area contributed by atoms with Crippen molar-refractivity contribution in [3.8, 4) is 5.69 Å². The summed E-state index contributed by atoms with van der Waals surface area (Å²) in [6, 6.07) is 5.81. The van der Waals surface area contributed by atoms with Crippen LogP contribution in [-0.2, 0) is 22.7 Å². The first-order chi connectivity index (χ1) is 15.6. The van der Waals surface area contributed by atoms with Gasteiger partial charge in [-0.2, -0.15) is 11.3 Å². The zero-order chi connectivity index (χ0) is 22.3. The van der Waals surface area contributed by atoms with Gasteiger partial charge >= 0.3 is 0 Å². The zero-order valence-electron chi connectivity index (χ0n) is 18.0. The molecule has 10 heteroatoms. The lowest BCUT2D eigenvalue weighted by Crippen LogP contribution is -2.31. The summed E-state index contributed by atoms with van der Waals surface area (Å²) in [6.07, 6.45) is 7.03. The van der Waals surface area contributed by atoms with Crippen molar-refractivity contribution in [2.24, 2.45) is 0 Å². The molecule has 0 N–H and O–H groups in total. The number of rotatable bonds is 8. The van der Waals surface area contributed by atoms with Gasteiger partial charge < -0.3 is 9.80 Å². The second-order valence-electron chi connectivity index (χ2n) is 7.74. The van der Waals surface area contributed by atoms with E-state index in [1.54, 1.807) is 28.6 Å². The minimum absolute atomic E-state index is 0.0196. The molecule has 0 spiro atoms. The summed E-state index contributed by atoms with van der Waals surface area (Å²) in [6.45, 7) is 1.71. The minimum Gasteiger partial charge on any atom is -0.341 e. The van der Waals surface area contributed by atoms with Gasteiger partial charge in [0.25, 0.3) is 0 Å². The maximum Gasteiger partial charge on any atom is 0.233 e. The van der Waals surface area contributed by atoms with Gasteiger partial charge in [-0.3, -0.25) is 19.1 Å². The van der Waals surface area contributed by atoms with Gasteiger partial charge in [-0.15, -0.1) is 10.2 Å². The summed E-state index contributed by atoms with van der Waals surface area (Å²) in [4.78, 5) is 33.0. The first-order valence-electron chi connectivity index (χ1n) is 10.6. The van der Waals surface area contributed by atoms with Gasteiger partial charge in [0.2, 0.25) is 11.8 Å². The van der Waals surface area contributed by atoms with E-state index in [9.17, 15) is 9.59 Å². The molecular weight excluding hydrogens is 444 g/mol. The van der Waals surface area contributed by atoms with Crippen LogP contribution in [0.15, 0.2) is 46.5 Å². The summed E-state index contributed by atoms with van der Waals surface area (Å²) >= 11 is 2.97. The molecule has 0 unspecified atom stereocenters. The molecule has 0 saturated carbocycles. The van der Waals surface area contributed by atoms with Crippen molar-refractivity contribution in [2.75, 3.05) is 19.3 Å². The number of nitrogens with zero attached hydrogens (tertiary/aromatic N) is 6. The second kappa shape index (κ2) is 10.7. The van der Waals surface area contributed by atoms with Gasteiger partial charge in [-0.25, -0.2) is 0 Å². The van der Waals surface area contributed by atoms with Gasteiger partial charge in [0.15, 0.2) is 11.0 Å². The molecular formula is C22H26N6O2S2. The fraction of sp³-hybridized carbons (Fsp3) is 0.409. The third-order valence-electron chi connectivity index (χ3n) is 5.36. The minimum atomic E-state index is 0.0196. The fourth-order valence-electron chi connectivity index (χ4n) is 3.60. The van der Waals surface area contributed by atoms with Crippen molar-refractivity contribution in [1.82, 2.24) is 29.5 Å². The highest BCUT2D eigenvalue weighted by Crippen LogP contribution is 2.24. The molecule has 1 aliphatic heterocycles. The van der Waals surface area contributed by atoms with Crippen LogP contribution in [-0.4, -0.2) is 60.7 Å². The molecule has 3 aromatic heterocycles. The van der Waals surface area contributed by atoms with Crippen molar-refractivity contribution in [3.63, 3.8) is 0 Å². The van der Waals surface area contributed by atoms with E-state index in [0.29, 0.717) is 30.5 Å². The molecule has 168 valence electrons. The topological polar surface area (TPSA) is 84.2 Å². The normalized spacial score (nSPS) is 14.4. The maximum absolute atomic E-state index is 12.7. The summed E-state index contributed by atoms with van der Waals surface area (Å²) in [7, 11) is 1.81. The molecule has 1 aliphatic rings. The Kier molecular flexibility index (Phi) is 7.54. The van der Waals surface area contributed by atoms with Crippen molar-refractivity contribution < 1.29 is 9.59 Å². The van der Waals surface area contributed by atoms with Gasteiger partial charge in [0, 0.05) is 32.8 Å². The number of carbonyl (C=O) groups excluding carboxylic acids is 2. The van der Waals surface area contributed by atoms with Crippen LogP contribution in [0.4, 0.5) is 0 Å². The largest absolute Gasteiger partial charge is 0.341 e. The number of thiophene rings is 1. The van der Waals surface area contributed by atoms with E-state index in [1.165, 1.54) is 11.8 Å². The zero-order valence-corrected chi connectivity index (χ0v) is 19.6. The third-order valence-corrected chi connectivity index (χ3v) is 7.00. The molecule has 4 heterocycles. The van der Waals surface area contributed by atoms with E-state index < -0.39 is 0 Å². The highest BCUT2D eigenvalue weighted by atomic mass is 32.2. The number of likely N-dealkylation sites (tertiary alicyclic amines) is 1. The van der Waals surface area contributed by atoms with Crippen LogP contribution < -0.4 is 0 Å². The predicted molar refractivity (Wildman–Crippen MR) is 125 cm³/mol. The molecule has 4 rings (SSSR count). The summed E-state index contributed by atoms with van der Waals surface area (Å²) in [5.41, 5.74) is 1.94. The van der Waals surface area contributed by atoms with E-state index in [-0.39, 0.29) is 17.6 Å². The number of thioether (sulfide) groups is 1. The predicted octanol–water partition coefficient (Wildman–Crippen LogP) is 3.38. The Morgan fingerprint density at radius 1 is 1.25 bits per heavy atom. The molecule has 0 atom stereocenters. The van der Waals surface area contributed by atoms with E-state index in [1.807, 2.05) is 45.5 Å². The van der Waals surface area contributed by atoms with Gasteiger partial charge in [-0.1, -0.05) is 18.2 Å². The van der Waals surface area contributed by atoms with Crippen molar-refractivity contribution in [1.29, 1.82) is 0 Å². The molecule has 8 nitrogen and oxygen atoms in total. The first-order valence-corrected chi connectivity index (χ1v) is 12.5. The molecule has 0 radical (unpaired) electrons. The molecule has 32 heavy (non-hydrogen) atoms. The lowest BCUT2D eigenvalue weighted by atomic mass is 10.2. The Bertz CT molecular complexity index is 1040. The van der Waals surface area contributed by atoms with E-state index in [4.69, 9.17) is 0 Å². The highest BCUT2D eigenvalue weighted by Gasteiger charge is 2.22. The van der Waals surface area contributed by atoms with Crippen LogP contribution in [0.5, 0.6) is 0 Å². The molecule has 0 aromatic carbocycles. The average Bonchev–Trinajstić information content (AvgIpc) is 3.41. The average molecular weight is 471 g/mol. The molecule has 0 aliphatic carbocycles. The smallest absolute Gasteiger partial charge is 0.233 e. The maximum atomic E-state index is 12.7. The van der Waals surface area contributed by atoms with E-state index in [0.717, 1.165) is 37.1 Å². The SMILES string of the molecule is CN(Cc1ccsc1)C(=O)CSc1nnc(CN2CCCCCC2=O)n1-c1cccnc1. The summed E-state index contributed by atoms with van der Waals surface area (Å²) < 4.78 is 1.90. The Morgan fingerprint density at radius 2 is 2.16 bits per heavy atom. The summed E-state index contributed by atoms with van der Waals surface area (Å²) in [5, 5.41) is 13.4. The number of pyridine rings is 1. The number of hydrogen-bond donors (Lipinski definition) is 0. The van der Waals surface area contributed by atoms with Crippen molar-refractivity contribution >= 4 is 34.9 Å². The van der Waals surface area contributed by atoms with Crippen molar-refractivity contribution in [2.45, 2.75) is 43.9 Å². The van der Waals surface area contributed by atoms with Crippen LogP contribution >= 0.6 is 23.1 Å². The standard InChI is InChI=1S/C22H26N6O2S2/c1-26(13-17-8-11-31-15-17)21(30)16-32-22-25-24-19(28(22)18-6-5-9-23-12-18)14-27-10-4-2-3-7-20(27)29/h5-6,8-9,11-12,15H,2-4,7,10,13-14,16H2,1H3. The third kappa shape index (κ3) is 5.55. The Hall–Kier alpha value is -2.72. The first kappa shape index (κ1) is 22.5.